The van der Waals surface area contributed by atoms with Crippen molar-refractivity contribution in [1.29, 1.82) is 0 Å². The van der Waals surface area contributed by atoms with E-state index in [0.717, 1.165) is 5.69 Å². The average Bonchev–Trinajstić information content (AvgIpc) is 3.08. The maximum atomic E-state index is 12.7. The van der Waals surface area contributed by atoms with Gasteiger partial charge in [0.1, 0.15) is 0 Å². The fraction of sp³-hybridized carbons (Fsp3) is 0.500. The van der Waals surface area contributed by atoms with Crippen LogP contribution in [0.15, 0.2) is 31.0 Å². The zero-order valence-corrected chi connectivity index (χ0v) is 12.2. The smallest absolute Gasteiger partial charge is 0.255 e. The largest absolute Gasteiger partial charge is 0.379 e. The Morgan fingerprint density at radius 1 is 1.57 bits per heavy atom. The number of ether oxygens (including phenoxy) is 2. The van der Waals surface area contributed by atoms with Crippen LogP contribution in [0.4, 0.5) is 0 Å². The molecule has 2 saturated heterocycles. The van der Waals surface area contributed by atoms with Crippen LogP contribution in [0, 0.1) is 12.8 Å². The van der Waals surface area contributed by atoms with Crippen molar-refractivity contribution in [3.05, 3.63) is 42.2 Å². The third-order valence-corrected chi connectivity index (χ3v) is 4.19. The van der Waals surface area contributed by atoms with Crippen LogP contribution in [0.2, 0.25) is 0 Å². The van der Waals surface area contributed by atoms with Crippen LogP contribution in [0.25, 0.3) is 0 Å². The van der Waals surface area contributed by atoms with Crippen molar-refractivity contribution >= 4 is 5.91 Å². The summed E-state index contributed by atoms with van der Waals surface area (Å²) >= 11 is 0. The van der Waals surface area contributed by atoms with Crippen LogP contribution in [0.1, 0.15) is 16.1 Å². The summed E-state index contributed by atoms with van der Waals surface area (Å²) in [5.41, 5.74) is 1.53. The van der Waals surface area contributed by atoms with Gasteiger partial charge in [-0.05, 0) is 19.1 Å². The van der Waals surface area contributed by atoms with Crippen molar-refractivity contribution in [2.24, 2.45) is 5.92 Å². The molecule has 0 N–H and O–H groups in total. The molecule has 0 radical (unpaired) electrons. The van der Waals surface area contributed by atoms with Crippen LogP contribution in [-0.4, -0.2) is 54.3 Å². The van der Waals surface area contributed by atoms with E-state index in [1.807, 2.05) is 24.0 Å². The van der Waals surface area contributed by atoms with Gasteiger partial charge in [-0.15, -0.1) is 6.58 Å². The highest BCUT2D eigenvalue weighted by Crippen LogP contribution is 2.33. The van der Waals surface area contributed by atoms with Gasteiger partial charge in [-0.3, -0.25) is 9.78 Å². The molecule has 3 atom stereocenters. The normalized spacial score (nSPS) is 27.7. The molecule has 0 saturated carbocycles. The van der Waals surface area contributed by atoms with E-state index in [1.165, 1.54) is 0 Å². The van der Waals surface area contributed by atoms with Gasteiger partial charge in [0.15, 0.2) is 0 Å². The maximum absolute atomic E-state index is 12.7. The van der Waals surface area contributed by atoms with E-state index in [4.69, 9.17) is 9.47 Å². The van der Waals surface area contributed by atoms with Crippen LogP contribution >= 0.6 is 0 Å². The molecule has 0 aliphatic carbocycles. The van der Waals surface area contributed by atoms with E-state index in [2.05, 4.69) is 11.6 Å². The Kier molecular flexibility index (Phi) is 4.03. The van der Waals surface area contributed by atoms with Crippen molar-refractivity contribution in [2.75, 3.05) is 26.4 Å². The number of nitrogens with zero attached hydrogens (tertiary/aromatic N) is 2. The molecular formula is C16H20N2O3. The summed E-state index contributed by atoms with van der Waals surface area (Å²) < 4.78 is 11.3. The second-order valence-electron chi connectivity index (χ2n) is 5.57. The van der Waals surface area contributed by atoms with Crippen LogP contribution in [0.5, 0.6) is 0 Å². The number of aromatic nitrogens is 1. The Labute approximate surface area is 124 Å². The fourth-order valence-corrected chi connectivity index (χ4v) is 3.06. The summed E-state index contributed by atoms with van der Waals surface area (Å²) in [5, 5.41) is 0. The first-order valence-electron chi connectivity index (χ1n) is 7.24. The summed E-state index contributed by atoms with van der Waals surface area (Å²) in [7, 11) is 0. The first kappa shape index (κ1) is 14.2. The van der Waals surface area contributed by atoms with Crippen LogP contribution in [0.3, 0.4) is 0 Å². The first-order chi connectivity index (χ1) is 10.2. The Morgan fingerprint density at radius 3 is 3.14 bits per heavy atom. The molecule has 2 fully saturated rings. The highest BCUT2D eigenvalue weighted by molar-refractivity contribution is 5.94. The monoisotopic (exact) mass is 288 g/mol. The number of pyridine rings is 1. The van der Waals surface area contributed by atoms with E-state index < -0.39 is 0 Å². The first-order valence-corrected chi connectivity index (χ1v) is 7.24. The lowest BCUT2D eigenvalue weighted by molar-refractivity contribution is 0.0330. The lowest BCUT2D eigenvalue weighted by Crippen LogP contribution is -2.38. The van der Waals surface area contributed by atoms with Gasteiger partial charge in [-0.2, -0.15) is 0 Å². The molecule has 0 spiro atoms. The number of hydrogen-bond acceptors (Lipinski definition) is 4. The number of likely N-dealkylation sites (tertiary alicyclic amines) is 1. The molecule has 1 aromatic rings. The molecular weight excluding hydrogens is 268 g/mol. The summed E-state index contributed by atoms with van der Waals surface area (Å²) in [5.74, 6) is 0.264. The molecule has 21 heavy (non-hydrogen) atoms. The minimum atomic E-state index is 0.00713. The number of carbonyl (C=O) groups is 1. The number of hydrogen-bond donors (Lipinski definition) is 0. The second-order valence-corrected chi connectivity index (χ2v) is 5.57. The lowest BCUT2D eigenvalue weighted by Gasteiger charge is -2.22. The number of aryl methyl sites for hydroxylation is 1. The Bertz CT molecular complexity index is 529. The molecule has 0 aromatic carbocycles. The quantitative estimate of drug-likeness (QED) is 0.787. The molecule has 112 valence electrons. The lowest BCUT2D eigenvalue weighted by atomic mass is 10.0. The standard InChI is InChI=1S/C16H20N2O3/c1-3-6-21-15-8-18(14-10-20-9-13(14)15)16(19)12-5-4-11(2)17-7-12/h3-5,7,13-15H,1,6,8-10H2,2H3/t13-,14+,15-/m1/s1. The maximum Gasteiger partial charge on any atom is 0.255 e. The number of rotatable bonds is 4. The topological polar surface area (TPSA) is 51.7 Å². The molecule has 5 heteroatoms. The minimum Gasteiger partial charge on any atom is -0.379 e. The Balaban J connectivity index is 1.76. The molecule has 1 amide bonds. The zero-order valence-electron chi connectivity index (χ0n) is 12.2. The van der Waals surface area contributed by atoms with Gasteiger partial charge in [0, 0.05) is 24.4 Å². The molecule has 0 unspecified atom stereocenters. The summed E-state index contributed by atoms with van der Waals surface area (Å²) in [6, 6.07) is 3.79. The molecule has 5 nitrogen and oxygen atoms in total. The van der Waals surface area contributed by atoms with Gasteiger partial charge in [-0.25, -0.2) is 0 Å². The summed E-state index contributed by atoms with van der Waals surface area (Å²) in [6.07, 6.45) is 3.40. The highest BCUT2D eigenvalue weighted by Gasteiger charge is 2.47. The van der Waals surface area contributed by atoms with Crippen molar-refractivity contribution in [2.45, 2.75) is 19.1 Å². The summed E-state index contributed by atoms with van der Waals surface area (Å²) in [4.78, 5) is 18.8. The highest BCUT2D eigenvalue weighted by atomic mass is 16.5. The zero-order chi connectivity index (χ0) is 14.8. The third kappa shape index (κ3) is 2.71. The predicted molar refractivity (Wildman–Crippen MR) is 78.0 cm³/mol. The SMILES string of the molecule is C=CCO[C@@H]1CN(C(=O)c2ccc(C)nc2)[C@H]2COC[C@@H]12. The van der Waals surface area contributed by atoms with E-state index in [1.54, 1.807) is 12.3 Å². The van der Waals surface area contributed by atoms with Crippen molar-refractivity contribution in [1.82, 2.24) is 9.88 Å². The van der Waals surface area contributed by atoms with Gasteiger partial charge in [-0.1, -0.05) is 6.08 Å². The van der Waals surface area contributed by atoms with Crippen molar-refractivity contribution in [3.63, 3.8) is 0 Å². The number of carbonyl (C=O) groups excluding carboxylic acids is 1. The Morgan fingerprint density at radius 2 is 2.43 bits per heavy atom. The molecule has 3 rings (SSSR count). The molecule has 1 aromatic heterocycles. The molecule has 2 aliphatic rings. The van der Waals surface area contributed by atoms with E-state index >= 15 is 0 Å². The van der Waals surface area contributed by atoms with Gasteiger partial charge < -0.3 is 14.4 Å². The van der Waals surface area contributed by atoms with Gasteiger partial charge in [0.25, 0.3) is 5.91 Å². The van der Waals surface area contributed by atoms with Crippen LogP contribution in [-0.2, 0) is 9.47 Å². The average molecular weight is 288 g/mol. The van der Waals surface area contributed by atoms with Gasteiger partial charge in [0.2, 0.25) is 0 Å². The minimum absolute atomic E-state index is 0.00713. The number of fused-ring (bicyclic) bond motifs is 1. The predicted octanol–water partition coefficient (Wildman–Crippen LogP) is 1.43. The van der Waals surface area contributed by atoms with Crippen LogP contribution < -0.4 is 0 Å². The van der Waals surface area contributed by atoms with Gasteiger partial charge in [0.05, 0.1) is 37.5 Å². The second kappa shape index (κ2) is 5.95. The fourth-order valence-electron chi connectivity index (χ4n) is 3.06. The van der Waals surface area contributed by atoms with E-state index in [9.17, 15) is 4.79 Å². The van der Waals surface area contributed by atoms with Gasteiger partial charge >= 0.3 is 0 Å². The third-order valence-electron chi connectivity index (χ3n) is 4.19. The molecule has 0 bridgehead atoms. The van der Waals surface area contributed by atoms with Crippen molar-refractivity contribution in [3.8, 4) is 0 Å². The Hall–Kier alpha value is -1.72. The van der Waals surface area contributed by atoms with Crippen molar-refractivity contribution < 1.29 is 14.3 Å². The van der Waals surface area contributed by atoms with E-state index in [0.29, 0.717) is 31.9 Å². The molecule has 2 aliphatic heterocycles. The van der Waals surface area contributed by atoms with E-state index in [-0.39, 0.29) is 24.0 Å². The summed E-state index contributed by atoms with van der Waals surface area (Å²) in [6.45, 7) is 7.93. The molecule has 3 heterocycles. The number of amides is 1.